The van der Waals surface area contributed by atoms with Crippen LogP contribution in [0.25, 0.3) is 5.69 Å². The van der Waals surface area contributed by atoms with E-state index < -0.39 is 28.6 Å². The third-order valence-electron chi connectivity index (χ3n) is 6.27. The van der Waals surface area contributed by atoms with Crippen molar-refractivity contribution in [2.75, 3.05) is 13.2 Å². The number of hydrogen-bond donors (Lipinski definition) is 0. The summed E-state index contributed by atoms with van der Waals surface area (Å²) in [5, 5.41) is 0.418. The Morgan fingerprint density at radius 3 is 2.34 bits per heavy atom. The van der Waals surface area contributed by atoms with E-state index in [1.807, 2.05) is 49.6 Å². The van der Waals surface area contributed by atoms with Crippen LogP contribution in [0.1, 0.15) is 40.2 Å². The van der Waals surface area contributed by atoms with Gasteiger partial charge in [-0.15, -0.1) is 0 Å². The average Bonchev–Trinajstić information content (AvgIpc) is 3.44. The summed E-state index contributed by atoms with van der Waals surface area (Å²) >= 11 is 5.87. The molecule has 1 fully saturated rings. The summed E-state index contributed by atoms with van der Waals surface area (Å²) in [6.45, 7) is 5.51. The quantitative estimate of drug-likeness (QED) is 0.339. The van der Waals surface area contributed by atoms with Crippen molar-refractivity contribution >= 4 is 33.4 Å². The highest BCUT2D eigenvalue weighted by Crippen LogP contribution is 2.28. The number of ether oxygens (including phenoxy) is 1. The van der Waals surface area contributed by atoms with Gasteiger partial charge in [-0.05, 0) is 76.1 Å². The molecule has 35 heavy (non-hydrogen) atoms. The summed E-state index contributed by atoms with van der Waals surface area (Å²) in [7, 11) is -3.90. The maximum Gasteiger partial charge on any atom is 0.324 e. The van der Waals surface area contributed by atoms with Crippen LogP contribution in [-0.2, 0) is 19.6 Å². The number of rotatable bonds is 7. The van der Waals surface area contributed by atoms with Crippen LogP contribution in [0.5, 0.6) is 0 Å². The first-order valence-electron chi connectivity index (χ1n) is 11.3. The molecule has 1 aliphatic rings. The van der Waals surface area contributed by atoms with Crippen molar-refractivity contribution in [1.82, 2.24) is 8.87 Å². The van der Waals surface area contributed by atoms with Crippen molar-refractivity contribution in [3.05, 3.63) is 82.1 Å². The second-order valence-electron chi connectivity index (χ2n) is 8.71. The lowest BCUT2D eigenvalue weighted by Crippen LogP contribution is -2.41. The molecular weight excluding hydrogens is 488 g/mol. The largest absolute Gasteiger partial charge is 0.456 e. The number of carbonyl (C=O) groups is 2. The third-order valence-corrected chi connectivity index (χ3v) is 8.44. The molecule has 1 saturated heterocycles. The zero-order valence-corrected chi connectivity index (χ0v) is 21.4. The van der Waals surface area contributed by atoms with E-state index in [4.69, 9.17) is 16.3 Å². The topological polar surface area (TPSA) is 85.7 Å². The molecule has 3 aromatic rings. The summed E-state index contributed by atoms with van der Waals surface area (Å²) in [5.74, 6) is -1.06. The number of aryl methyl sites for hydroxylation is 2. The van der Waals surface area contributed by atoms with Crippen molar-refractivity contribution in [2.24, 2.45) is 0 Å². The van der Waals surface area contributed by atoms with E-state index in [1.54, 1.807) is 6.07 Å². The van der Waals surface area contributed by atoms with Gasteiger partial charge < -0.3 is 9.30 Å². The molecule has 1 atom stereocenters. The van der Waals surface area contributed by atoms with E-state index in [0.29, 0.717) is 23.4 Å². The fourth-order valence-corrected chi connectivity index (χ4v) is 6.22. The van der Waals surface area contributed by atoms with Gasteiger partial charge in [0.2, 0.25) is 15.8 Å². The fourth-order valence-electron chi connectivity index (χ4n) is 4.45. The van der Waals surface area contributed by atoms with Crippen LogP contribution in [0, 0.1) is 20.8 Å². The van der Waals surface area contributed by atoms with Crippen molar-refractivity contribution in [3.8, 4) is 5.69 Å². The maximum atomic E-state index is 13.1. The third kappa shape index (κ3) is 5.05. The minimum absolute atomic E-state index is 0.0567. The van der Waals surface area contributed by atoms with E-state index in [0.717, 1.165) is 26.9 Å². The minimum Gasteiger partial charge on any atom is -0.456 e. The highest BCUT2D eigenvalue weighted by atomic mass is 35.5. The minimum atomic E-state index is -3.90. The smallest absolute Gasteiger partial charge is 0.324 e. The molecule has 0 radical (unpaired) electrons. The van der Waals surface area contributed by atoms with E-state index in [1.165, 1.54) is 24.3 Å². The summed E-state index contributed by atoms with van der Waals surface area (Å²) in [4.78, 5) is 25.8. The van der Waals surface area contributed by atoms with Crippen LogP contribution in [0.4, 0.5) is 0 Å². The Bertz CT molecular complexity index is 1360. The monoisotopic (exact) mass is 514 g/mol. The molecule has 0 aliphatic carbocycles. The zero-order chi connectivity index (χ0) is 25.3. The lowest BCUT2D eigenvalue weighted by Gasteiger charge is -2.22. The molecule has 2 aromatic carbocycles. The highest BCUT2D eigenvalue weighted by Gasteiger charge is 2.40. The van der Waals surface area contributed by atoms with Gasteiger partial charge in [0.15, 0.2) is 6.61 Å². The van der Waals surface area contributed by atoms with E-state index >= 15 is 0 Å². The summed E-state index contributed by atoms with van der Waals surface area (Å²) in [5.41, 5.74) is 4.18. The number of hydrogen-bond acceptors (Lipinski definition) is 5. The van der Waals surface area contributed by atoms with E-state index in [2.05, 4.69) is 0 Å². The van der Waals surface area contributed by atoms with Crippen LogP contribution in [0.15, 0.2) is 59.5 Å². The number of aromatic nitrogens is 1. The van der Waals surface area contributed by atoms with Crippen LogP contribution in [0.2, 0.25) is 5.02 Å². The molecule has 0 spiro atoms. The molecule has 9 heteroatoms. The Morgan fingerprint density at radius 1 is 1.03 bits per heavy atom. The van der Waals surface area contributed by atoms with Gasteiger partial charge in [0.25, 0.3) is 0 Å². The predicted octanol–water partition coefficient (Wildman–Crippen LogP) is 4.64. The lowest BCUT2D eigenvalue weighted by molar-refractivity contribution is -0.146. The van der Waals surface area contributed by atoms with Crippen molar-refractivity contribution < 1.29 is 22.7 Å². The van der Waals surface area contributed by atoms with Gasteiger partial charge in [-0.2, -0.15) is 4.31 Å². The van der Waals surface area contributed by atoms with Crippen LogP contribution in [-0.4, -0.2) is 48.2 Å². The molecule has 7 nitrogen and oxygen atoms in total. The molecular formula is C26H27ClN2O5S. The Morgan fingerprint density at radius 2 is 1.69 bits per heavy atom. The standard InChI is InChI=1S/C26H27ClN2O5S/c1-17-6-10-21(11-7-17)29-18(2)15-23(19(29)3)25(30)16-34-26(31)24-5-4-14-28(24)35(32,33)22-12-8-20(27)9-13-22/h6-13,15,24H,4-5,14,16H2,1-3H3/t24-/m1/s1. The number of Topliss-reactive ketones (excluding diaryl/α,β-unsaturated/α-hetero) is 1. The highest BCUT2D eigenvalue weighted by molar-refractivity contribution is 7.89. The first kappa shape index (κ1) is 25.2. The second kappa shape index (κ2) is 9.97. The molecule has 2 heterocycles. The van der Waals surface area contributed by atoms with Gasteiger partial charge in [0, 0.05) is 34.2 Å². The summed E-state index contributed by atoms with van der Waals surface area (Å²) in [6, 6.07) is 14.6. The molecule has 0 amide bonds. The molecule has 1 aliphatic heterocycles. The van der Waals surface area contributed by atoms with Gasteiger partial charge in [-0.25, -0.2) is 8.42 Å². The zero-order valence-electron chi connectivity index (χ0n) is 19.8. The maximum absolute atomic E-state index is 13.1. The number of sulfonamides is 1. The SMILES string of the molecule is Cc1ccc(-n2c(C)cc(C(=O)COC(=O)[C@H]3CCCN3S(=O)(=O)c3ccc(Cl)cc3)c2C)cc1. The number of benzene rings is 2. The van der Waals surface area contributed by atoms with Crippen molar-refractivity contribution in [2.45, 2.75) is 44.6 Å². The lowest BCUT2D eigenvalue weighted by atomic mass is 10.1. The molecule has 0 saturated carbocycles. The van der Waals surface area contributed by atoms with Gasteiger partial charge in [-0.3, -0.25) is 9.59 Å². The number of nitrogens with zero attached hydrogens (tertiary/aromatic N) is 2. The Labute approximate surface area is 210 Å². The summed E-state index contributed by atoms with van der Waals surface area (Å²) < 4.78 is 34.6. The molecule has 0 bridgehead atoms. The van der Waals surface area contributed by atoms with Gasteiger partial charge in [-0.1, -0.05) is 29.3 Å². The van der Waals surface area contributed by atoms with Gasteiger partial charge >= 0.3 is 5.97 Å². The summed E-state index contributed by atoms with van der Waals surface area (Å²) in [6.07, 6.45) is 0.861. The Balaban J connectivity index is 1.46. The molecule has 0 N–H and O–H groups in total. The average molecular weight is 515 g/mol. The van der Waals surface area contributed by atoms with Crippen molar-refractivity contribution in [3.63, 3.8) is 0 Å². The fraction of sp³-hybridized carbons (Fsp3) is 0.308. The van der Waals surface area contributed by atoms with Crippen molar-refractivity contribution in [1.29, 1.82) is 0 Å². The Kier molecular flexibility index (Phi) is 7.17. The van der Waals surface area contributed by atoms with Crippen LogP contribution in [0.3, 0.4) is 0 Å². The second-order valence-corrected chi connectivity index (χ2v) is 11.0. The number of esters is 1. The van der Waals surface area contributed by atoms with E-state index in [9.17, 15) is 18.0 Å². The molecule has 184 valence electrons. The van der Waals surface area contributed by atoms with Crippen LogP contribution >= 0.6 is 11.6 Å². The first-order valence-corrected chi connectivity index (χ1v) is 13.1. The van der Waals surface area contributed by atoms with Gasteiger partial charge in [0.1, 0.15) is 6.04 Å². The molecule has 4 rings (SSSR count). The van der Waals surface area contributed by atoms with Gasteiger partial charge in [0.05, 0.1) is 4.90 Å². The molecule has 0 unspecified atom stereocenters. The number of ketones is 1. The number of carbonyl (C=O) groups excluding carboxylic acids is 2. The predicted molar refractivity (Wildman–Crippen MR) is 134 cm³/mol. The van der Waals surface area contributed by atoms with Crippen LogP contribution < -0.4 is 0 Å². The normalized spacial score (nSPS) is 16.4. The van der Waals surface area contributed by atoms with E-state index in [-0.39, 0.29) is 17.2 Å². The Hall–Kier alpha value is -2.94. The first-order chi connectivity index (χ1) is 16.6. The number of halogens is 1. The molecule has 1 aromatic heterocycles.